The minimum atomic E-state index is -0.486. The summed E-state index contributed by atoms with van der Waals surface area (Å²) >= 11 is 0. The van der Waals surface area contributed by atoms with Crippen LogP contribution in [0.2, 0.25) is 0 Å². The first kappa shape index (κ1) is 13.1. The fourth-order valence-corrected chi connectivity index (χ4v) is 1.87. The number of aromatic nitrogens is 1. The average Bonchev–Trinajstić information content (AvgIpc) is 2.43. The van der Waals surface area contributed by atoms with Crippen molar-refractivity contribution in [3.8, 4) is 5.75 Å². The van der Waals surface area contributed by atoms with Gasteiger partial charge in [0.05, 0.1) is 23.9 Å². The number of carbonyl (C=O) groups is 1. The lowest BCUT2D eigenvalue weighted by molar-refractivity contribution is 0.1000. The Labute approximate surface area is 111 Å². The van der Waals surface area contributed by atoms with Crippen molar-refractivity contribution < 1.29 is 9.53 Å². The number of ether oxygens (including phenoxy) is 1. The molecule has 0 saturated carbocycles. The number of amides is 1. The van der Waals surface area contributed by atoms with Crippen LogP contribution in [-0.4, -0.2) is 24.5 Å². The number of rotatable bonds is 5. The van der Waals surface area contributed by atoms with Crippen LogP contribution < -0.4 is 15.8 Å². The van der Waals surface area contributed by atoms with Gasteiger partial charge in [0.25, 0.3) is 0 Å². The highest BCUT2D eigenvalue weighted by Crippen LogP contribution is 2.28. The molecule has 19 heavy (non-hydrogen) atoms. The van der Waals surface area contributed by atoms with Crippen molar-refractivity contribution in [1.29, 1.82) is 0 Å². The molecule has 3 N–H and O–H groups in total. The normalized spacial score (nSPS) is 10.4. The van der Waals surface area contributed by atoms with Crippen molar-refractivity contribution in [2.45, 2.75) is 13.3 Å². The van der Waals surface area contributed by atoms with Crippen molar-refractivity contribution in [3.05, 3.63) is 30.0 Å². The van der Waals surface area contributed by atoms with Crippen LogP contribution >= 0.6 is 0 Å². The second-order valence-electron chi connectivity index (χ2n) is 4.26. The van der Waals surface area contributed by atoms with E-state index in [1.807, 2.05) is 12.1 Å². The van der Waals surface area contributed by atoms with Crippen molar-refractivity contribution in [3.63, 3.8) is 0 Å². The maximum absolute atomic E-state index is 11.2. The molecule has 1 heterocycles. The van der Waals surface area contributed by atoms with Crippen molar-refractivity contribution in [1.82, 2.24) is 4.98 Å². The van der Waals surface area contributed by atoms with Crippen LogP contribution in [0.5, 0.6) is 5.75 Å². The zero-order valence-electron chi connectivity index (χ0n) is 11.1. The Morgan fingerprint density at radius 1 is 1.42 bits per heavy atom. The summed E-state index contributed by atoms with van der Waals surface area (Å²) in [4.78, 5) is 15.5. The van der Waals surface area contributed by atoms with Gasteiger partial charge in [-0.05, 0) is 18.6 Å². The number of hydrogen-bond donors (Lipinski definition) is 2. The third kappa shape index (κ3) is 2.76. The molecule has 100 valence electrons. The summed E-state index contributed by atoms with van der Waals surface area (Å²) < 4.78 is 5.26. The third-order valence-electron chi connectivity index (χ3n) is 2.84. The molecule has 0 saturated heterocycles. The van der Waals surface area contributed by atoms with Gasteiger partial charge in [0.2, 0.25) is 5.91 Å². The lowest BCUT2D eigenvalue weighted by Crippen LogP contribution is -2.11. The summed E-state index contributed by atoms with van der Waals surface area (Å²) in [6.45, 7) is 2.94. The molecule has 0 fully saturated rings. The molecule has 0 unspecified atom stereocenters. The van der Waals surface area contributed by atoms with Crippen LogP contribution in [0.4, 0.5) is 5.69 Å². The largest absolute Gasteiger partial charge is 0.497 e. The number of benzene rings is 1. The van der Waals surface area contributed by atoms with E-state index in [0.717, 1.165) is 35.3 Å². The molecule has 0 aliphatic carbocycles. The summed E-state index contributed by atoms with van der Waals surface area (Å²) in [5.41, 5.74) is 7.36. The first-order chi connectivity index (χ1) is 9.15. The smallest absolute Gasteiger partial charge is 0.250 e. The predicted octanol–water partition coefficient (Wildman–Crippen LogP) is 2.16. The average molecular weight is 259 g/mol. The number of nitrogens with zero attached hydrogens (tertiary/aromatic N) is 1. The molecule has 0 aliphatic heterocycles. The van der Waals surface area contributed by atoms with E-state index in [9.17, 15) is 4.79 Å². The van der Waals surface area contributed by atoms with Crippen LogP contribution in [0.3, 0.4) is 0 Å². The van der Waals surface area contributed by atoms with E-state index in [4.69, 9.17) is 10.5 Å². The Hall–Kier alpha value is -2.30. The van der Waals surface area contributed by atoms with Gasteiger partial charge >= 0.3 is 0 Å². The number of primary amides is 1. The highest BCUT2D eigenvalue weighted by atomic mass is 16.5. The number of hydrogen-bond acceptors (Lipinski definition) is 4. The van der Waals surface area contributed by atoms with Crippen LogP contribution in [0.1, 0.15) is 23.7 Å². The van der Waals surface area contributed by atoms with E-state index in [0.29, 0.717) is 5.56 Å². The van der Waals surface area contributed by atoms with E-state index in [-0.39, 0.29) is 0 Å². The molecule has 2 rings (SSSR count). The number of anilines is 1. The topological polar surface area (TPSA) is 77.2 Å². The minimum Gasteiger partial charge on any atom is -0.497 e. The second kappa shape index (κ2) is 5.56. The molecule has 1 amide bonds. The van der Waals surface area contributed by atoms with Gasteiger partial charge in [-0.1, -0.05) is 6.92 Å². The number of nitrogens with one attached hydrogen (secondary N) is 1. The molecule has 0 atom stereocenters. The molecular weight excluding hydrogens is 242 g/mol. The molecule has 5 nitrogen and oxygen atoms in total. The monoisotopic (exact) mass is 259 g/mol. The Bertz CT molecular complexity index is 611. The number of nitrogens with two attached hydrogens (primary N) is 1. The number of fused-ring (bicyclic) bond motifs is 1. The van der Waals surface area contributed by atoms with E-state index in [1.54, 1.807) is 13.2 Å². The van der Waals surface area contributed by atoms with Gasteiger partial charge in [-0.2, -0.15) is 0 Å². The fourth-order valence-electron chi connectivity index (χ4n) is 1.87. The molecular formula is C14H17N3O2. The standard InChI is InChI=1S/C14H17N3O2/c1-3-4-16-12-7-11(19-2)6-9-5-10(14(15)18)8-17-13(9)12/h5-8,16H,3-4H2,1-2H3,(H2,15,18). The van der Waals surface area contributed by atoms with Gasteiger partial charge in [0.15, 0.2) is 0 Å². The van der Waals surface area contributed by atoms with Gasteiger partial charge in [-0.15, -0.1) is 0 Å². The summed E-state index contributed by atoms with van der Waals surface area (Å²) in [5.74, 6) is 0.231. The van der Waals surface area contributed by atoms with E-state index in [2.05, 4.69) is 17.2 Å². The van der Waals surface area contributed by atoms with Crippen LogP contribution in [0.15, 0.2) is 24.4 Å². The zero-order chi connectivity index (χ0) is 13.8. The lowest BCUT2D eigenvalue weighted by atomic mass is 10.1. The fraction of sp³-hybridized carbons (Fsp3) is 0.286. The van der Waals surface area contributed by atoms with Gasteiger partial charge in [0.1, 0.15) is 5.75 Å². The lowest BCUT2D eigenvalue weighted by Gasteiger charge is -2.11. The Morgan fingerprint density at radius 3 is 2.84 bits per heavy atom. The summed E-state index contributed by atoms with van der Waals surface area (Å²) in [6.07, 6.45) is 2.51. The maximum atomic E-state index is 11.2. The first-order valence-corrected chi connectivity index (χ1v) is 6.17. The molecule has 0 bridgehead atoms. The van der Waals surface area contributed by atoms with Gasteiger partial charge < -0.3 is 15.8 Å². The Morgan fingerprint density at radius 2 is 2.21 bits per heavy atom. The van der Waals surface area contributed by atoms with Crippen LogP contribution in [0.25, 0.3) is 10.9 Å². The molecule has 0 radical (unpaired) electrons. The second-order valence-corrected chi connectivity index (χ2v) is 4.26. The Kier molecular flexibility index (Phi) is 3.85. The minimum absolute atomic E-state index is 0.391. The third-order valence-corrected chi connectivity index (χ3v) is 2.84. The number of pyridine rings is 1. The first-order valence-electron chi connectivity index (χ1n) is 6.17. The van der Waals surface area contributed by atoms with Crippen LogP contribution in [-0.2, 0) is 0 Å². The van der Waals surface area contributed by atoms with Crippen LogP contribution in [0, 0.1) is 0 Å². The van der Waals surface area contributed by atoms with Gasteiger partial charge in [-0.3, -0.25) is 9.78 Å². The van der Waals surface area contributed by atoms with E-state index >= 15 is 0 Å². The number of carbonyl (C=O) groups excluding carboxylic acids is 1. The molecule has 2 aromatic rings. The number of methoxy groups -OCH3 is 1. The predicted molar refractivity (Wildman–Crippen MR) is 75.6 cm³/mol. The van der Waals surface area contributed by atoms with Crippen molar-refractivity contribution in [2.75, 3.05) is 19.0 Å². The SMILES string of the molecule is CCCNc1cc(OC)cc2cc(C(N)=O)cnc12. The van der Waals surface area contributed by atoms with E-state index < -0.39 is 5.91 Å². The van der Waals surface area contributed by atoms with Crippen molar-refractivity contribution >= 4 is 22.5 Å². The van der Waals surface area contributed by atoms with E-state index in [1.165, 1.54) is 6.20 Å². The zero-order valence-corrected chi connectivity index (χ0v) is 11.1. The van der Waals surface area contributed by atoms with Crippen molar-refractivity contribution in [2.24, 2.45) is 5.73 Å². The molecule has 0 aliphatic rings. The Balaban J connectivity index is 2.57. The van der Waals surface area contributed by atoms with Gasteiger partial charge in [-0.25, -0.2) is 0 Å². The molecule has 0 spiro atoms. The quantitative estimate of drug-likeness (QED) is 0.862. The summed E-state index contributed by atoms with van der Waals surface area (Å²) in [7, 11) is 1.61. The molecule has 5 heteroatoms. The van der Waals surface area contributed by atoms with Gasteiger partial charge in [0, 0.05) is 24.2 Å². The maximum Gasteiger partial charge on any atom is 0.250 e. The molecule has 1 aromatic carbocycles. The highest BCUT2D eigenvalue weighted by molar-refractivity contribution is 5.99. The highest BCUT2D eigenvalue weighted by Gasteiger charge is 2.08. The summed E-state index contributed by atoms with van der Waals surface area (Å²) in [5, 5.41) is 4.13. The summed E-state index contributed by atoms with van der Waals surface area (Å²) in [6, 6.07) is 5.46. The molecule has 1 aromatic heterocycles.